The van der Waals surface area contributed by atoms with E-state index in [4.69, 9.17) is 11.6 Å². The molecule has 3 heteroatoms. The summed E-state index contributed by atoms with van der Waals surface area (Å²) in [5.41, 5.74) is 6.74. The highest BCUT2D eigenvalue weighted by molar-refractivity contribution is 6.30. The van der Waals surface area contributed by atoms with Gasteiger partial charge in [0.05, 0.1) is 0 Å². The molecule has 0 saturated carbocycles. The first-order chi connectivity index (χ1) is 12.1. The van der Waals surface area contributed by atoms with Crippen molar-refractivity contribution in [1.82, 2.24) is 4.98 Å². The average Bonchev–Trinajstić information content (AvgIpc) is 3.04. The maximum Gasteiger partial charge on any atom is 0.130 e. The molecule has 124 valence electrons. The standard InChI is InChI=1S/C22H18ClNO/c1-14(25)11-21-20-13-17(23)8-7-16(20)12-19(15-5-3-2-4-6-15)18-9-10-24-22(18)21/h2-10,12-13,21,24H,11H2,1H3/t21-/m1/s1. The minimum absolute atomic E-state index is 0.0198. The molecular formula is C22H18ClNO. The minimum atomic E-state index is -0.0198. The first kappa shape index (κ1) is 15.9. The molecule has 0 bridgehead atoms. The van der Waals surface area contributed by atoms with Crippen molar-refractivity contribution in [1.29, 1.82) is 0 Å². The highest BCUT2D eigenvalue weighted by atomic mass is 35.5. The Hall–Kier alpha value is -2.58. The number of benzene rings is 2. The topological polar surface area (TPSA) is 32.9 Å². The Morgan fingerprint density at radius 3 is 2.68 bits per heavy atom. The van der Waals surface area contributed by atoms with Crippen LogP contribution in [-0.2, 0) is 4.79 Å². The number of carbonyl (C=O) groups excluding carboxylic acids is 1. The van der Waals surface area contributed by atoms with Crippen molar-refractivity contribution in [2.45, 2.75) is 19.3 Å². The van der Waals surface area contributed by atoms with Crippen LogP contribution in [0.25, 0.3) is 11.6 Å². The van der Waals surface area contributed by atoms with Gasteiger partial charge in [0.15, 0.2) is 0 Å². The fraction of sp³-hybridized carbons (Fsp3) is 0.136. The predicted molar refractivity (Wildman–Crippen MR) is 103 cm³/mol. The first-order valence-corrected chi connectivity index (χ1v) is 8.75. The second kappa shape index (κ2) is 6.38. The molecule has 0 amide bonds. The van der Waals surface area contributed by atoms with Gasteiger partial charge in [0.1, 0.15) is 5.78 Å². The molecule has 0 unspecified atom stereocenters. The molecule has 3 aromatic rings. The number of aromatic nitrogens is 1. The zero-order chi connectivity index (χ0) is 17.4. The molecule has 1 aliphatic carbocycles. The van der Waals surface area contributed by atoms with Gasteiger partial charge in [0, 0.05) is 34.8 Å². The Bertz CT molecular complexity index is 969. The van der Waals surface area contributed by atoms with Crippen molar-refractivity contribution in [2.24, 2.45) is 0 Å². The fourth-order valence-corrected chi connectivity index (χ4v) is 3.81. The third kappa shape index (κ3) is 2.94. The quantitative estimate of drug-likeness (QED) is 0.649. The van der Waals surface area contributed by atoms with Crippen LogP contribution in [0.15, 0.2) is 60.8 Å². The van der Waals surface area contributed by atoms with E-state index in [1.165, 1.54) is 0 Å². The summed E-state index contributed by atoms with van der Waals surface area (Å²) in [6, 6.07) is 18.4. The molecule has 25 heavy (non-hydrogen) atoms. The number of hydrogen-bond acceptors (Lipinski definition) is 1. The van der Waals surface area contributed by atoms with Gasteiger partial charge in [-0.15, -0.1) is 0 Å². The summed E-state index contributed by atoms with van der Waals surface area (Å²) in [6.07, 6.45) is 4.61. The SMILES string of the molecule is CC(=O)C[C@@H]1c2cc(Cl)ccc2C=C(c2ccccc2)c2cc[nH]c21. The molecule has 1 N–H and O–H groups in total. The van der Waals surface area contributed by atoms with Crippen LogP contribution >= 0.6 is 11.6 Å². The maximum atomic E-state index is 11.9. The molecule has 0 aliphatic heterocycles. The van der Waals surface area contributed by atoms with Crippen LogP contribution in [0, 0.1) is 0 Å². The highest BCUT2D eigenvalue weighted by Gasteiger charge is 2.27. The van der Waals surface area contributed by atoms with Crippen molar-refractivity contribution in [3.63, 3.8) is 0 Å². The number of aromatic amines is 1. The van der Waals surface area contributed by atoms with E-state index in [0.29, 0.717) is 11.4 Å². The second-order valence-corrected chi connectivity index (χ2v) is 6.90. The summed E-state index contributed by atoms with van der Waals surface area (Å²) in [6.45, 7) is 1.64. The van der Waals surface area contributed by atoms with Gasteiger partial charge in [0.25, 0.3) is 0 Å². The summed E-state index contributed by atoms with van der Waals surface area (Å²) in [5, 5.41) is 0.692. The van der Waals surface area contributed by atoms with Crippen molar-refractivity contribution in [3.05, 3.63) is 93.8 Å². The van der Waals surface area contributed by atoms with E-state index in [1.807, 2.05) is 42.6 Å². The van der Waals surface area contributed by atoms with Gasteiger partial charge in [-0.3, -0.25) is 4.79 Å². The number of halogens is 1. The number of fused-ring (bicyclic) bond motifs is 2. The zero-order valence-electron chi connectivity index (χ0n) is 13.9. The molecule has 2 nitrogen and oxygen atoms in total. The van der Waals surface area contributed by atoms with Crippen LogP contribution in [0.3, 0.4) is 0 Å². The molecule has 4 rings (SSSR count). The summed E-state index contributed by atoms with van der Waals surface area (Å²) < 4.78 is 0. The Kier molecular flexibility index (Phi) is 4.06. The smallest absolute Gasteiger partial charge is 0.130 e. The van der Waals surface area contributed by atoms with Crippen LogP contribution in [-0.4, -0.2) is 10.8 Å². The molecule has 2 aromatic carbocycles. The van der Waals surface area contributed by atoms with E-state index >= 15 is 0 Å². The predicted octanol–water partition coefficient (Wildman–Crippen LogP) is 5.68. The average molecular weight is 348 g/mol. The van der Waals surface area contributed by atoms with Gasteiger partial charge in [-0.2, -0.15) is 0 Å². The number of rotatable bonds is 3. The maximum absolute atomic E-state index is 11.9. The van der Waals surface area contributed by atoms with E-state index in [1.54, 1.807) is 6.92 Å². The van der Waals surface area contributed by atoms with Crippen molar-refractivity contribution >= 4 is 29.0 Å². The Labute approximate surface area is 152 Å². The minimum Gasteiger partial charge on any atom is -0.364 e. The largest absolute Gasteiger partial charge is 0.364 e. The first-order valence-electron chi connectivity index (χ1n) is 8.37. The molecule has 1 aromatic heterocycles. The number of Topliss-reactive ketones (excluding diaryl/α,β-unsaturated/α-hetero) is 1. The lowest BCUT2D eigenvalue weighted by Gasteiger charge is -2.17. The van der Waals surface area contributed by atoms with Gasteiger partial charge in [-0.05, 0) is 53.5 Å². The number of hydrogen-bond donors (Lipinski definition) is 1. The Morgan fingerprint density at radius 1 is 1.12 bits per heavy atom. The lowest BCUT2D eigenvalue weighted by molar-refractivity contribution is -0.117. The number of ketones is 1. The van der Waals surface area contributed by atoms with Gasteiger partial charge in [0.2, 0.25) is 0 Å². The highest BCUT2D eigenvalue weighted by Crippen LogP contribution is 2.42. The van der Waals surface area contributed by atoms with E-state index in [9.17, 15) is 4.79 Å². The van der Waals surface area contributed by atoms with Crippen LogP contribution in [0.2, 0.25) is 5.02 Å². The molecule has 0 saturated heterocycles. The van der Waals surface area contributed by atoms with Crippen molar-refractivity contribution in [2.75, 3.05) is 0 Å². The van der Waals surface area contributed by atoms with Crippen LogP contribution in [0.5, 0.6) is 0 Å². The van der Waals surface area contributed by atoms with Crippen LogP contribution in [0.1, 0.15) is 47.2 Å². The summed E-state index contributed by atoms with van der Waals surface area (Å²) in [7, 11) is 0. The molecular weight excluding hydrogens is 330 g/mol. The number of H-pyrrole nitrogens is 1. The second-order valence-electron chi connectivity index (χ2n) is 6.46. The third-order valence-electron chi connectivity index (χ3n) is 4.72. The molecule has 0 spiro atoms. The molecule has 0 radical (unpaired) electrons. The summed E-state index contributed by atoms with van der Waals surface area (Å²) in [5.74, 6) is 0.147. The van der Waals surface area contributed by atoms with E-state index < -0.39 is 0 Å². The molecule has 1 heterocycles. The van der Waals surface area contributed by atoms with Gasteiger partial charge in [-0.25, -0.2) is 0 Å². The van der Waals surface area contributed by atoms with E-state index in [0.717, 1.165) is 33.5 Å². The van der Waals surface area contributed by atoms with Crippen molar-refractivity contribution in [3.8, 4) is 0 Å². The lowest BCUT2D eigenvalue weighted by atomic mass is 9.87. The van der Waals surface area contributed by atoms with Crippen LogP contribution < -0.4 is 0 Å². The zero-order valence-corrected chi connectivity index (χ0v) is 14.7. The van der Waals surface area contributed by atoms with E-state index in [2.05, 4.69) is 29.3 Å². The summed E-state index contributed by atoms with van der Waals surface area (Å²) >= 11 is 6.27. The number of nitrogens with one attached hydrogen (secondary N) is 1. The molecule has 1 atom stereocenters. The lowest BCUT2D eigenvalue weighted by Crippen LogP contribution is -2.08. The third-order valence-corrected chi connectivity index (χ3v) is 4.95. The number of carbonyl (C=O) groups is 1. The molecule has 0 fully saturated rings. The Morgan fingerprint density at radius 2 is 1.92 bits per heavy atom. The van der Waals surface area contributed by atoms with Gasteiger partial charge < -0.3 is 4.98 Å². The fourth-order valence-electron chi connectivity index (χ4n) is 3.63. The summed E-state index contributed by atoms with van der Waals surface area (Å²) in [4.78, 5) is 15.3. The molecule has 1 aliphatic rings. The van der Waals surface area contributed by atoms with Gasteiger partial charge >= 0.3 is 0 Å². The monoisotopic (exact) mass is 347 g/mol. The van der Waals surface area contributed by atoms with Crippen LogP contribution in [0.4, 0.5) is 0 Å². The Balaban J connectivity index is 1.99. The van der Waals surface area contributed by atoms with Crippen molar-refractivity contribution < 1.29 is 4.79 Å². The van der Waals surface area contributed by atoms with Gasteiger partial charge in [-0.1, -0.05) is 48.0 Å². The van der Waals surface area contributed by atoms with E-state index in [-0.39, 0.29) is 11.7 Å². The normalized spacial score (nSPS) is 15.8.